The van der Waals surface area contributed by atoms with Crippen molar-refractivity contribution in [2.24, 2.45) is 0 Å². The van der Waals surface area contributed by atoms with E-state index in [2.05, 4.69) is 21.8 Å². The molecule has 0 unspecified atom stereocenters. The smallest absolute Gasteiger partial charge is 0.421 e. The van der Waals surface area contributed by atoms with Crippen LogP contribution in [-0.2, 0) is 4.74 Å². The molecule has 0 saturated heterocycles. The number of ether oxygens (including phenoxy) is 1. The van der Waals surface area contributed by atoms with Gasteiger partial charge in [-0.15, -0.1) is 0 Å². The first-order chi connectivity index (χ1) is 16.1. The third kappa shape index (κ3) is 5.07. The quantitative estimate of drug-likeness (QED) is 0.295. The number of nitrogens with zero attached hydrogens (tertiary/aromatic N) is 4. The van der Waals surface area contributed by atoms with Crippen molar-refractivity contribution in [2.75, 3.05) is 19.0 Å². The maximum absolute atomic E-state index is 13.3. The number of carbonyl (C=O) groups excluding carboxylic acids is 1. The largest absolute Gasteiger partial charge is 0.443 e. The molecule has 4 rings (SSSR count). The van der Waals surface area contributed by atoms with Gasteiger partial charge in [0.2, 0.25) is 5.95 Å². The third-order valence-corrected chi connectivity index (χ3v) is 4.97. The van der Waals surface area contributed by atoms with Crippen LogP contribution in [0.25, 0.3) is 22.3 Å². The zero-order chi connectivity index (χ0) is 24.5. The lowest BCUT2D eigenvalue weighted by Gasteiger charge is -2.20. The minimum atomic E-state index is -0.696. The van der Waals surface area contributed by atoms with E-state index in [0.717, 1.165) is 16.6 Å². The Hall–Kier alpha value is -4.18. The molecular weight excluding hydrogens is 431 g/mol. The normalized spacial score (nSPS) is 11.1. The minimum Gasteiger partial charge on any atom is -0.443 e. The summed E-state index contributed by atoms with van der Waals surface area (Å²) in [6.45, 7) is 5.41. The number of fused-ring (bicyclic) bond motifs is 1. The monoisotopic (exact) mass is 456 g/mol. The molecule has 0 spiro atoms. The summed E-state index contributed by atoms with van der Waals surface area (Å²) in [5, 5.41) is 0.733. The van der Waals surface area contributed by atoms with E-state index in [-0.39, 0.29) is 0 Å². The maximum atomic E-state index is 13.3. The summed E-state index contributed by atoms with van der Waals surface area (Å²) in [7, 11) is 3.95. The van der Waals surface area contributed by atoms with Crippen molar-refractivity contribution in [1.82, 2.24) is 14.5 Å². The van der Waals surface area contributed by atoms with Gasteiger partial charge in [0.05, 0.1) is 5.69 Å². The van der Waals surface area contributed by atoms with Gasteiger partial charge in [0.1, 0.15) is 11.3 Å². The molecule has 0 radical (unpaired) electrons. The van der Waals surface area contributed by atoms with E-state index >= 15 is 0 Å². The van der Waals surface area contributed by atoms with Gasteiger partial charge in [-0.1, -0.05) is 5.92 Å². The predicted octanol–water partition coefficient (Wildman–Crippen LogP) is 5.49. The summed E-state index contributed by atoms with van der Waals surface area (Å²) in [5.74, 6) is 5.65. The van der Waals surface area contributed by atoms with E-state index in [4.69, 9.17) is 4.74 Å². The summed E-state index contributed by atoms with van der Waals surface area (Å²) < 4.78 is 20.3. The van der Waals surface area contributed by atoms with Gasteiger partial charge in [-0.25, -0.2) is 19.3 Å². The van der Waals surface area contributed by atoms with Crippen LogP contribution in [0.15, 0.2) is 60.8 Å². The Morgan fingerprint density at radius 2 is 1.76 bits per heavy atom. The van der Waals surface area contributed by atoms with E-state index in [1.807, 2.05) is 49.3 Å². The number of halogens is 1. The van der Waals surface area contributed by atoms with Gasteiger partial charge in [0.15, 0.2) is 5.65 Å². The van der Waals surface area contributed by atoms with Crippen LogP contribution in [0, 0.1) is 17.8 Å². The van der Waals surface area contributed by atoms with Gasteiger partial charge < -0.3 is 9.64 Å². The average molecular weight is 457 g/mol. The molecule has 1 aromatic carbocycles. The van der Waals surface area contributed by atoms with E-state index in [0.29, 0.717) is 22.6 Å². The number of rotatable bonds is 2. The van der Waals surface area contributed by atoms with Crippen LogP contribution in [0.4, 0.5) is 14.9 Å². The van der Waals surface area contributed by atoms with Crippen molar-refractivity contribution in [2.45, 2.75) is 26.4 Å². The highest BCUT2D eigenvalue weighted by atomic mass is 19.1. The second-order valence-corrected chi connectivity index (χ2v) is 9.02. The molecule has 7 heteroatoms. The standard InChI is InChI=1S/C27H25FN4O2/c1-27(2,3)34-26(33)32-22(13-8-18-6-11-21(12-7-18)31(4)5)16-19-9-14-23(30-25(19)32)20-10-15-24(28)29-17-20/h6-7,9-12,14-17H,1-5H3. The van der Waals surface area contributed by atoms with E-state index in [1.165, 1.54) is 16.8 Å². The molecule has 34 heavy (non-hydrogen) atoms. The number of benzene rings is 1. The molecule has 0 aliphatic rings. The molecule has 4 aromatic rings. The van der Waals surface area contributed by atoms with Crippen LogP contribution in [-0.4, -0.2) is 40.3 Å². The average Bonchev–Trinajstić information content (AvgIpc) is 3.15. The highest BCUT2D eigenvalue weighted by molar-refractivity contribution is 5.91. The van der Waals surface area contributed by atoms with Crippen LogP contribution in [0.1, 0.15) is 32.0 Å². The highest BCUT2D eigenvalue weighted by Gasteiger charge is 2.23. The molecule has 0 bridgehead atoms. The molecule has 0 amide bonds. The number of anilines is 1. The van der Waals surface area contributed by atoms with Crippen molar-refractivity contribution in [3.63, 3.8) is 0 Å². The van der Waals surface area contributed by atoms with E-state index < -0.39 is 17.6 Å². The number of hydrogen-bond acceptors (Lipinski definition) is 5. The topological polar surface area (TPSA) is 60.2 Å². The van der Waals surface area contributed by atoms with Gasteiger partial charge in [-0.05, 0) is 81.3 Å². The van der Waals surface area contributed by atoms with Crippen LogP contribution in [0.5, 0.6) is 0 Å². The van der Waals surface area contributed by atoms with Gasteiger partial charge >= 0.3 is 6.09 Å². The summed E-state index contributed by atoms with van der Waals surface area (Å²) in [6.07, 6.45) is 0.833. The molecule has 3 heterocycles. The maximum Gasteiger partial charge on any atom is 0.421 e. The summed E-state index contributed by atoms with van der Waals surface area (Å²) >= 11 is 0. The first-order valence-electron chi connectivity index (χ1n) is 10.8. The van der Waals surface area contributed by atoms with Crippen molar-refractivity contribution in [1.29, 1.82) is 0 Å². The molecule has 0 aliphatic heterocycles. The molecule has 6 nitrogen and oxygen atoms in total. The second-order valence-electron chi connectivity index (χ2n) is 9.02. The number of carbonyl (C=O) groups is 1. The van der Waals surface area contributed by atoms with Crippen LogP contribution >= 0.6 is 0 Å². The van der Waals surface area contributed by atoms with Crippen LogP contribution in [0.2, 0.25) is 0 Å². The van der Waals surface area contributed by atoms with Crippen molar-refractivity contribution in [3.05, 3.63) is 78.0 Å². The van der Waals surface area contributed by atoms with Gasteiger partial charge in [-0.2, -0.15) is 4.39 Å². The summed E-state index contributed by atoms with van der Waals surface area (Å²) in [4.78, 5) is 23.5. The number of hydrogen-bond donors (Lipinski definition) is 0. The van der Waals surface area contributed by atoms with Gasteiger partial charge in [0.25, 0.3) is 0 Å². The Balaban J connectivity index is 1.81. The van der Waals surface area contributed by atoms with Gasteiger partial charge in [-0.3, -0.25) is 0 Å². The van der Waals surface area contributed by atoms with Crippen LogP contribution < -0.4 is 4.90 Å². The Bertz CT molecular complexity index is 1400. The molecular formula is C27H25FN4O2. The predicted molar refractivity (Wildman–Crippen MR) is 131 cm³/mol. The molecule has 0 atom stereocenters. The number of pyridine rings is 2. The van der Waals surface area contributed by atoms with Crippen molar-refractivity contribution in [3.8, 4) is 23.1 Å². The first-order valence-corrected chi connectivity index (χ1v) is 10.8. The third-order valence-electron chi connectivity index (χ3n) is 4.97. The Labute approximate surface area is 198 Å². The molecule has 0 saturated carbocycles. The molecule has 172 valence electrons. The molecule has 0 aliphatic carbocycles. The first kappa shape index (κ1) is 23.0. The second kappa shape index (κ2) is 8.99. The van der Waals surface area contributed by atoms with E-state index in [1.54, 1.807) is 39.0 Å². The highest BCUT2D eigenvalue weighted by Crippen LogP contribution is 2.25. The molecule has 0 N–H and O–H groups in total. The fraction of sp³-hybridized carbons (Fsp3) is 0.222. The molecule has 3 aromatic heterocycles. The minimum absolute atomic E-state index is 0.406. The van der Waals surface area contributed by atoms with Crippen molar-refractivity contribution >= 4 is 22.8 Å². The molecule has 0 fully saturated rings. The fourth-order valence-electron chi connectivity index (χ4n) is 3.33. The number of aromatic nitrogens is 3. The zero-order valence-corrected chi connectivity index (χ0v) is 19.8. The Kier molecular flexibility index (Phi) is 6.08. The zero-order valence-electron chi connectivity index (χ0n) is 19.8. The van der Waals surface area contributed by atoms with Gasteiger partial charge in [0, 0.05) is 42.5 Å². The van der Waals surface area contributed by atoms with Crippen LogP contribution in [0.3, 0.4) is 0 Å². The van der Waals surface area contributed by atoms with Crippen molar-refractivity contribution < 1.29 is 13.9 Å². The Morgan fingerprint density at radius 3 is 2.38 bits per heavy atom. The summed E-state index contributed by atoms with van der Waals surface area (Å²) in [6, 6.07) is 16.1. The van der Waals surface area contributed by atoms with E-state index in [9.17, 15) is 9.18 Å². The fourth-order valence-corrected chi connectivity index (χ4v) is 3.33. The lowest BCUT2D eigenvalue weighted by atomic mass is 10.2. The summed E-state index contributed by atoms with van der Waals surface area (Å²) in [5.41, 5.74) is 3.25. The Morgan fingerprint density at radius 1 is 1.03 bits per heavy atom. The SMILES string of the molecule is CN(C)c1ccc(C#Cc2cc3ccc(-c4ccc(F)nc4)nc3n2C(=O)OC(C)(C)C)cc1. The lowest BCUT2D eigenvalue weighted by Crippen LogP contribution is -2.27. The lowest BCUT2D eigenvalue weighted by molar-refractivity contribution is 0.0542.